The Morgan fingerprint density at radius 2 is 1.89 bits per heavy atom. The van der Waals surface area contributed by atoms with E-state index in [-0.39, 0.29) is 5.69 Å². The van der Waals surface area contributed by atoms with Crippen LogP contribution < -0.4 is 0 Å². The number of pyridine rings is 2. The van der Waals surface area contributed by atoms with Gasteiger partial charge in [-0.2, -0.15) is 13.2 Å². The lowest BCUT2D eigenvalue weighted by atomic mass is 10.1. The van der Waals surface area contributed by atoms with Crippen molar-refractivity contribution in [3.8, 4) is 11.3 Å². The van der Waals surface area contributed by atoms with E-state index < -0.39 is 11.9 Å². The van der Waals surface area contributed by atoms with Crippen molar-refractivity contribution >= 4 is 6.29 Å². The summed E-state index contributed by atoms with van der Waals surface area (Å²) < 4.78 is 37.1. The molecule has 6 heteroatoms. The van der Waals surface area contributed by atoms with Crippen molar-refractivity contribution in [2.75, 3.05) is 0 Å². The average molecular weight is 266 g/mol. The molecule has 0 aliphatic heterocycles. The fourth-order valence-electron chi connectivity index (χ4n) is 1.54. The van der Waals surface area contributed by atoms with Crippen molar-refractivity contribution in [1.82, 2.24) is 9.97 Å². The number of aryl methyl sites for hydroxylation is 1. The van der Waals surface area contributed by atoms with Gasteiger partial charge in [-0.25, -0.2) is 4.98 Å². The normalized spacial score (nSPS) is 11.4. The third kappa shape index (κ3) is 2.78. The molecule has 0 bridgehead atoms. The van der Waals surface area contributed by atoms with Gasteiger partial charge < -0.3 is 0 Å². The standard InChI is InChI=1S/C13H9F3N2O/c1-8-2-4-10(18-11(8)7-19)9-3-5-12(17-6-9)13(14,15)16/h2-7H,1H3. The summed E-state index contributed by atoms with van der Waals surface area (Å²) >= 11 is 0. The lowest BCUT2D eigenvalue weighted by Gasteiger charge is -2.07. The van der Waals surface area contributed by atoms with Crippen molar-refractivity contribution in [2.45, 2.75) is 13.1 Å². The summed E-state index contributed by atoms with van der Waals surface area (Å²) in [5.74, 6) is 0. The molecule has 0 atom stereocenters. The van der Waals surface area contributed by atoms with Gasteiger partial charge in [-0.3, -0.25) is 9.78 Å². The molecular formula is C13H9F3N2O. The van der Waals surface area contributed by atoms with E-state index in [1.807, 2.05) is 0 Å². The molecule has 0 saturated carbocycles. The SMILES string of the molecule is Cc1ccc(-c2ccc(C(F)(F)F)nc2)nc1C=O. The van der Waals surface area contributed by atoms with E-state index in [0.29, 0.717) is 23.1 Å². The molecule has 19 heavy (non-hydrogen) atoms. The van der Waals surface area contributed by atoms with E-state index in [1.54, 1.807) is 19.1 Å². The van der Waals surface area contributed by atoms with Crippen molar-refractivity contribution in [3.05, 3.63) is 47.4 Å². The first kappa shape index (κ1) is 13.2. The van der Waals surface area contributed by atoms with E-state index in [9.17, 15) is 18.0 Å². The quantitative estimate of drug-likeness (QED) is 0.783. The van der Waals surface area contributed by atoms with Gasteiger partial charge in [-0.15, -0.1) is 0 Å². The maximum atomic E-state index is 12.4. The number of aromatic nitrogens is 2. The number of halogens is 3. The second-order valence-corrected chi connectivity index (χ2v) is 3.95. The Bertz CT molecular complexity index is 606. The zero-order chi connectivity index (χ0) is 14.0. The molecule has 0 amide bonds. The van der Waals surface area contributed by atoms with Crippen LogP contribution in [0, 0.1) is 6.92 Å². The Kier molecular flexibility index (Phi) is 3.33. The lowest BCUT2D eigenvalue weighted by molar-refractivity contribution is -0.141. The molecule has 98 valence electrons. The number of aldehydes is 1. The van der Waals surface area contributed by atoms with Crippen LogP contribution >= 0.6 is 0 Å². The van der Waals surface area contributed by atoms with E-state index in [1.165, 1.54) is 6.07 Å². The van der Waals surface area contributed by atoms with Crippen molar-refractivity contribution in [2.24, 2.45) is 0 Å². The molecule has 0 radical (unpaired) electrons. The Morgan fingerprint density at radius 3 is 2.42 bits per heavy atom. The van der Waals surface area contributed by atoms with Gasteiger partial charge in [0, 0.05) is 11.8 Å². The van der Waals surface area contributed by atoms with Gasteiger partial charge in [0.15, 0.2) is 6.29 Å². The third-order valence-electron chi connectivity index (χ3n) is 2.60. The molecular weight excluding hydrogens is 257 g/mol. The van der Waals surface area contributed by atoms with Crippen LogP contribution in [0.3, 0.4) is 0 Å². The summed E-state index contributed by atoms with van der Waals surface area (Å²) in [6.45, 7) is 1.73. The lowest BCUT2D eigenvalue weighted by Crippen LogP contribution is -2.07. The highest BCUT2D eigenvalue weighted by atomic mass is 19.4. The summed E-state index contributed by atoms with van der Waals surface area (Å²) in [4.78, 5) is 18.2. The molecule has 0 N–H and O–H groups in total. The minimum absolute atomic E-state index is 0.261. The minimum atomic E-state index is -4.47. The fraction of sp³-hybridized carbons (Fsp3) is 0.154. The highest BCUT2D eigenvalue weighted by Gasteiger charge is 2.32. The van der Waals surface area contributed by atoms with Gasteiger partial charge in [0.2, 0.25) is 0 Å². The van der Waals surface area contributed by atoms with E-state index in [0.717, 1.165) is 12.3 Å². The molecule has 0 aliphatic carbocycles. The first-order chi connectivity index (χ1) is 8.91. The fourth-order valence-corrected chi connectivity index (χ4v) is 1.54. The van der Waals surface area contributed by atoms with Crippen molar-refractivity contribution in [1.29, 1.82) is 0 Å². The monoisotopic (exact) mass is 266 g/mol. The second kappa shape index (κ2) is 4.79. The first-order valence-electron chi connectivity index (χ1n) is 5.38. The summed E-state index contributed by atoms with van der Waals surface area (Å²) in [7, 11) is 0. The molecule has 0 spiro atoms. The largest absolute Gasteiger partial charge is 0.433 e. The van der Waals surface area contributed by atoms with Gasteiger partial charge in [-0.1, -0.05) is 6.07 Å². The van der Waals surface area contributed by atoms with Crippen LogP contribution in [0.15, 0.2) is 30.5 Å². The zero-order valence-corrected chi connectivity index (χ0v) is 9.90. The molecule has 2 aromatic rings. The molecule has 0 saturated heterocycles. The van der Waals surface area contributed by atoms with Crippen molar-refractivity contribution in [3.63, 3.8) is 0 Å². The van der Waals surface area contributed by atoms with Crippen LogP contribution in [0.1, 0.15) is 21.7 Å². The predicted octanol–water partition coefficient (Wildman–Crippen LogP) is 3.28. The van der Waals surface area contributed by atoms with Crippen LogP contribution in [-0.2, 0) is 6.18 Å². The Morgan fingerprint density at radius 1 is 1.16 bits per heavy atom. The van der Waals surface area contributed by atoms with Crippen LogP contribution in [0.5, 0.6) is 0 Å². The van der Waals surface area contributed by atoms with Gasteiger partial charge in [0.25, 0.3) is 0 Å². The minimum Gasteiger partial charge on any atom is -0.296 e. The van der Waals surface area contributed by atoms with E-state index >= 15 is 0 Å². The van der Waals surface area contributed by atoms with E-state index in [2.05, 4.69) is 9.97 Å². The molecule has 2 aromatic heterocycles. The van der Waals surface area contributed by atoms with Crippen molar-refractivity contribution < 1.29 is 18.0 Å². The summed E-state index contributed by atoms with van der Waals surface area (Å²) in [6, 6.07) is 5.48. The molecule has 0 aromatic carbocycles. The highest BCUT2D eigenvalue weighted by molar-refractivity contribution is 5.76. The maximum Gasteiger partial charge on any atom is 0.433 e. The Balaban J connectivity index is 2.40. The molecule has 0 unspecified atom stereocenters. The van der Waals surface area contributed by atoms with E-state index in [4.69, 9.17) is 0 Å². The number of rotatable bonds is 2. The van der Waals surface area contributed by atoms with Gasteiger partial charge in [0.1, 0.15) is 11.4 Å². The van der Waals surface area contributed by atoms with Crippen LogP contribution in [0.4, 0.5) is 13.2 Å². The first-order valence-corrected chi connectivity index (χ1v) is 5.38. The van der Waals surface area contributed by atoms with Gasteiger partial charge in [-0.05, 0) is 30.7 Å². The molecule has 0 aliphatic rings. The molecule has 3 nitrogen and oxygen atoms in total. The molecule has 0 fully saturated rings. The summed E-state index contributed by atoms with van der Waals surface area (Å²) in [5.41, 5.74) is 0.847. The number of carbonyl (C=O) groups is 1. The van der Waals surface area contributed by atoms with Crippen LogP contribution in [-0.4, -0.2) is 16.3 Å². The number of nitrogens with zero attached hydrogens (tertiary/aromatic N) is 2. The average Bonchev–Trinajstić information content (AvgIpc) is 2.38. The highest BCUT2D eigenvalue weighted by Crippen LogP contribution is 2.28. The summed E-state index contributed by atoms with van der Waals surface area (Å²) in [6.07, 6.45) is -2.77. The Hall–Kier alpha value is -2.24. The molecule has 2 rings (SSSR count). The van der Waals surface area contributed by atoms with Crippen LogP contribution in [0.2, 0.25) is 0 Å². The van der Waals surface area contributed by atoms with Crippen LogP contribution in [0.25, 0.3) is 11.3 Å². The zero-order valence-electron chi connectivity index (χ0n) is 9.90. The number of carbonyl (C=O) groups excluding carboxylic acids is 1. The number of hydrogen-bond acceptors (Lipinski definition) is 3. The Labute approximate surface area is 107 Å². The number of alkyl halides is 3. The molecule has 2 heterocycles. The predicted molar refractivity (Wildman–Crippen MR) is 62.6 cm³/mol. The summed E-state index contributed by atoms with van der Waals surface area (Å²) in [5, 5.41) is 0. The number of hydrogen-bond donors (Lipinski definition) is 0. The third-order valence-corrected chi connectivity index (χ3v) is 2.60. The van der Waals surface area contributed by atoms with Gasteiger partial charge in [0.05, 0.1) is 5.69 Å². The smallest absolute Gasteiger partial charge is 0.296 e. The second-order valence-electron chi connectivity index (χ2n) is 3.95. The maximum absolute atomic E-state index is 12.4. The topological polar surface area (TPSA) is 42.9 Å². The van der Waals surface area contributed by atoms with Gasteiger partial charge >= 0.3 is 6.18 Å².